The Hall–Kier alpha value is -2.14. The van der Waals surface area contributed by atoms with Crippen LogP contribution in [0.3, 0.4) is 0 Å². The van der Waals surface area contributed by atoms with Gasteiger partial charge >= 0.3 is 0 Å². The van der Waals surface area contributed by atoms with Crippen molar-refractivity contribution in [1.82, 2.24) is 9.97 Å². The van der Waals surface area contributed by atoms with Gasteiger partial charge in [-0.25, -0.2) is 4.98 Å². The van der Waals surface area contributed by atoms with Gasteiger partial charge < -0.3 is 10.6 Å². The molecule has 2 aromatic heterocycles. The highest BCUT2D eigenvalue weighted by Gasteiger charge is 2.14. The van der Waals surface area contributed by atoms with Crippen molar-refractivity contribution < 1.29 is 4.79 Å². The lowest BCUT2D eigenvalue weighted by Gasteiger charge is -2.09. The number of aromatic nitrogens is 2. The van der Waals surface area contributed by atoms with Gasteiger partial charge in [0.15, 0.2) is 0 Å². The predicted octanol–water partition coefficient (Wildman–Crippen LogP) is 2.73. The molecule has 0 fully saturated rings. The van der Waals surface area contributed by atoms with Crippen LogP contribution in [0.25, 0.3) is 0 Å². The first kappa shape index (κ1) is 13.3. The topological polar surface area (TPSA) is 66.9 Å². The second-order valence-electron chi connectivity index (χ2n) is 3.92. The number of carbonyl (C=O) groups excluding carboxylic acids is 1. The van der Waals surface area contributed by atoms with Crippen molar-refractivity contribution in [3.63, 3.8) is 0 Å². The number of rotatable bonds is 3. The van der Waals surface area contributed by atoms with Crippen LogP contribution in [0.5, 0.6) is 0 Å². The molecule has 0 unspecified atom stereocenters. The van der Waals surface area contributed by atoms with Crippen molar-refractivity contribution >= 4 is 29.0 Å². The highest BCUT2D eigenvalue weighted by Crippen LogP contribution is 2.19. The van der Waals surface area contributed by atoms with Crippen LogP contribution < -0.4 is 10.6 Å². The van der Waals surface area contributed by atoms with E-state index in [1.165, 1.54) is 0 Å². The largest absolute Gasteiger partial charge is 0.373 e. The fraction of sp³-hybridized carbons (Fsp3) is 0.154. The molecule has 0 radical (unpaired) electrons. The zero-order chi connectivity index (χ0) is 13.8. The Kier molecular flexibility index (Phi) is 3.97. The van der Waals surface area contributed by atoms with Gasteiger partial charge in [-0.15, -0.1) is 0 Å². The summed E-state index contributed by atoms with van der Waals surface area (Å²) in [6.45, 7) is 1.86. The van der Waals surface area contributed by atoms with Gasteiger partial charge in [0, 0.05) is 25.1 Å². The number of aryl methyl sites for hydroxylation is 1. The molecule has 2 rings (SSSR count). The first-order valence-electron chi connectivity index (χ1n) is 5.68. The Morgan fingerprint density at radius 2 is 2.11 bits per heavy atom. The second kappa shape index (κ2) is 5.67. The summed E-state index contributed by atoms with van der Waals surface area (Å²) >= 11 is 5.99. The first-order valence-corrected chi connectivity index (χ1v) is 6.06. The van der Waals surface area contributed by atoms with Gasteiger partial charge in [-0.2, -0.15) is 0 Å². The maximum Gasteiger partial charge on any atom is 0.275 e. The summed E-state index contributed by atoms with van der Waals surface area (Å²) in [5.41, 5.74) is 1.74. The summed E-state index contributed by atoms with van der Waals surface area (Å²) < 4.78 is 0. The quantitative estimate of drug-likeness (QED) is 0.905. The monoisotopic (exact) mass is 276 g/mol. The maximum absolute atomic E-state index is 12.1. The van der Waals surface area contributed by atoms with E-state index in [1.807, 2.05) is 6.92 Å². The van der Waals surface area contributed by atoms with Gasteiger partial charge in [0.1, 0.15) is 11.5 Å². The van der Waals surface area contributed by atoms with E-state index in [2.05, 4.69) is 20.6 Å². The third kappa shape index (κ3) is 3.00. The molecule has 0 bridgehead atoms. The molecule has 2 N–H and O–H groups in total. The van der Waals surface area contributed by atoms with Crippen molar-refractivity contribution in [2.45, 2.75) is 6.92 Å². The normalized spacial score (nSPS) is 10.1. The smallest absolute Gasteiger partial charge is 0.275 e. The van der Waals surface area contributed by atoms with E-state index in [4.69, 9.17) is 11.6 Å². The van der Waals surface area contributed by atoms with E-state index in [0.717, 1.165) is 5.56 Å². The van der Waals surface area contributed by atoms with Gasteiger partial charge in [0.05, 0.1) is 5.02 Å². The van der Waals surface area contributed by atoms with E-state index in [-0.39, 0.29) is 11.6 Å². The lowest BCUT2D eigenvalue weighted by atomic mass is 10.2. The molecule has 0 spiro atoms. The molecule has 0 saturated heterocycles. The molecule has 98 valence electrons. The fourth-order valence-corrected chi connectivity index (χ4v) is 1.73. The summed E-state index contributed by atoms with van der Waals surface area (Å²) in [6, 6.07) is 5.06. The van der Waals surface area contributed by atoms with E-state index in [0.29, 0.717) is 16.5 Å². The number of pyridine rings is 2. The number of amides is 1. The highest BCUT2D eigenvalue weighted by atomic mass is 35.5. The van der Waals surface area contributed by atoms with Gasteiger partial charge in [-0.1, -0.05) is 11.6 Å². The molecule has 0 aromatic carbocycles. The molecule has 19 heavy (non-hydrogen) atoms. The van der Waals surface area contributed by atoms with Crippen molar-refractivity contribution in [2.24, 2.45) is 0 Å². The zero-order valence-electron chi connectivity index (χ0n) is 10.6. The fourth-order valence-electron chi connectivity index (χ4n) is 1.54. The Morgan fingerprint density at radius 3 is 2.79 bits per heavy atom. The molecular weight excluding hydrogens is 264 g/mol. The van der Waals surface area contributed by atoms with E-state index in [1.54, 1.807) is 37.6 Å². The van der Waals surface area contributed by atoms with Crippen LogP contribution in [0.15, 0.2) is 30.6 Å². The molecule has 5 nitrogen and oxygen atoms in total. The number of nitrogens with zero attached hydrogens (tertiary/aromatic N) is 2. The zero-order valence-corrected chi connectivity index (χ0v) is 11.3. The summed E-state index contributed by atoms with van der Waals surface area (Å²) in [5, 5.41) is 5.94. The van der Waals surface area contributed by atoms with Crippen LogP contribution in [0, 0.1) is 6.92 Å². The molecule has 6 heteroatoms. The van der Waals surface area contributed by atoms with E-state index in [9.17, 15) is 4.79 Å². The third-order valence-corrected chi connectivity index (χ3v) is 2.89. The molecule has 0 aliphatic carbocycles. The van der Waals surface area contributed by atoms with Crippen LogP contribution in [0.1, 0.15) is 16.1 Å². The maximum atomic E-state index is 12.1. The van der Waals surface area contributed by atoms with Crippen LogP contribution in [0.2, 0.25) is 5.02 Å². The average Bonchev–Trinajstić information content (AvgIpc) is 2.42. The lowest BCUT2D eigenvalue weighted by molar-refractivity contribution is 0.102. The van der Waals surface area contributed by atoms with Gasteiger partial charge in [-0.05, 0) is 30.7 Å². The molecule has 0 aliphatic rings. The SMILES string of the molecule is CNc1ccc(Cl)c(C(=O)Nc2ccncc2C)n1. The van der Waals surface area contributed by atoms with E-state index < -0.39 is 0 Å². The molecule has 0 aliphatic heterocycles. The van der Waals surface area contributed by atoms with Crippen molar-refractivity contribution in [3.05, 3.63) is 46.9 Å². The van der Waals surface area contributed by atoms with Crippen LogP contribution in [-0.2, 0) is 0 Å². The summed E-state index contributed by atoms with van der Waals surface area (Å²) in [7, 11) is 1.73. The lowest BCUT2D eigenvalue weighted by Crippen LogP contribution is -2.15. The molecule has 2 aromatic rings. The second-order valence-corrected chi connectivity index (χ2v) is 4.33. The minimum Gasteiger partial charge on any atom is -0.373 e. The Morgan fingerprint density at radius 1 is 1.32 bits per heavy atom. The van der Waals surface area contributed by atoms with Crippen molar-refractivity contribution in [3.8, 4) is 0 Å². The van der Waals surface area contributed by atoms with Crippen molar-refractivity contribution in [2.75, 3.05) is 17.7 Å². The number of nitrogens with one attached hydrogen (secondary N) is 2. The number of anilines is 2. The number of hydrogen-bond donors (Lipinski definition) is 2. The minimum absolute atomic E-state index is 0.185. The Balaban J connectivity index is 2.28. The molecule has 1 amide bonds. The number of carbonyl (C=O) groups is 1. The van der Waals surface area contributed by atoms with Crippen molar-refractivity contribution in [1.29, 1.82) is 0 Å². The molecule has 0 atom stereocenters. The van der Waals surface area contributed by atoms with E-state index >= 15 is 0 Å². The summed E-state index contributed by atoms with van der Waals surface area (Å²) in [5.74, 6) is 0.234. The predicted molar refractivity (Wildman–Crippen MR) is 75.7 cm³/mol. The van der Waals surface area contributed by atoms with Crippen LogP contribution in [0.4, 0.5) is 11.5 Å². The van der Waals surface area contributed by atoms with Crippen LogP contribution in [-0.4, -0.2) is 22.9 Å². The summed E-state index contributed by atoms with van der Waals surface area (Å²) in [4.78, 5) is 20.3. The number of hydrogen-bond acceptors (Lipinski definition) is 4. The molecular formula is C13H13ClN4O. The Bertz CT molecular complexity index is 615. The summed E-state index contributed by atoms with van der Waals surface area (Å²) in [6.07, 6.45) is 3.29. The standard InChI is InChI=1S/C13H13ClN4O/c1-8-7-16-6-5-10(8)17-13(19)12-9(14)3-4-11(15-2)18-12/h3-7H,1-2H3,(H,15,18)(H,16,17,19). The molecule has 2 heterocycles. The molecule has 0 saturated carbocycles. The first-order chi connectivity index (χ1) is 9.11. The van der Waals surface area contributed by atoms with Gasteiger partial charge in [0.2, 0.25) is 0 Å². The minimum atomic E-state index is -0.351. The van der Waals surface area contributed by atoms with Gasteiger partial charge in [0.25, 0.3) is 5.91 Å². The highest BCUT2D eigenvalue weighted by molar-refractivity contribution is 6.34. The third-order valence-electron chi connectivity index (χ3n) is 2.59. The van der Waals surface area contributed by atoms with Crippen LogP contribution >= 0.6 is 11.6 Å². The van der Waals surface area contributed by atoms with Gasteiger partial charge in [-0.3, -0.25) is 9.78 Å². The average molecular weight is 277 g/mol. The number of halogens is 1. The Labute approximate surface area is 116 Å².